The van der Waals surface area contributed by atoms with Crippen LogP contribution in [0.2, 0.25) is 5.02 Å². The molecule has 3 N–H and O–H groups in total. The zero-order valence-corrected chi connectivity index (χ0v) is 22.2. The van der Waals surface area contributed by atoms with Crippen molar-refractivity contribution in [2.45, 2.75) is 19.2 Å². The van der Waals surface area contributed by atoms with E-state index < -0.39 is 6.10 Å². The highest BCUT2D eigenvalue weighted by molar-refractivity contribution is 6.30. The first kappa shape index (κ1) is 27.2. The quantitative estimate of drug-likeness (QED) is 0.294. The van der Waals surface area contributed by atoms with Crippen molar-refractivity contribution in [3.8, 4) is 11.5 Å². The molecule has 0 fully saturated rings. The first-order chi connectivity index (χ1) is 18.2. The van der Waals surface area contributed by atoms with Gasteiger partial charge in [-0.15, -0.1) is 0 Å². The van der Waals surface area contributed by atoms with Crippen molar-refractivity contribution in [1.29, 1.82) is 0 Å². The van der Waals surface area contributed by atoms with Gasteiger partial charge in [0.05, 0.1) is 13.2 Å². The lowest BCUT2D eigenvalue weighted by Crippen LogP contribution is -2.30. The van der Waals surface area contributed by atoms with Gasteiger partial charge in [0.1, 0.15) is 5.56 Å². The van der Waals surface area contributed by atoms with Gasteiger partial charge in [0, 0.05) is 48.8 Å². The van der Waals surface area contributed by atoms with Crippen molar-refractivity contribution in [2.75, 3.05) is 27.7 Å². The number of hydrogen-bond acceptors (Lipinski definition) is 6. The summed E-state index contributed by atoms with van der Waals surface area (Å²) < 4.78 is 5.12. The zero-order valence-electron chi connectivity index (χ0n) is 21.4. The average Bonchev–Trinajstić information content (AvgIpc) is 2.90. The molecule has 3 aromatic carbocycles. The number of carbonyl (C=O) groups is 1. The molecule has 1 atom stereocenters. The molecule has 0 spiro atoms. The van der Waals surface area contributed by atoms with Crippen LogP contribution in [-0.2, 0) is 13.1 Å². The highest BCUT2D eigenvalue weighted by atomic mass is 35.5. The third-order valence-electron chi connectivity index (χ3n) is 6.38. The van der Waals surface area contributed by atoms with Crippen molar-refractivity contribution in [3.63, 3.8) is 0 Å². The minimum Gasteiger partial charge on any atom is -0.504 e. The number of benzene rings is 3. The lowest BCUT2D eigenvalue weighted by Gasteiger charge is -2.21. The standard InChI is InChI=1S/C29H30ClN3O5/c1-32(17-26(35)20-7-11-25(34)27(13-20)38-3)15-19-6-10-24-22(12-19)28(36)23(14-31-24)29(37)33(2)16-18-4-8-21(30)9-5-18/h4-14,26,34-35H,15-17H2,1-3H3,(H,31,36). The van der Waals surface area contributed by atoms with E-state index in [-0.39, 0.29) is 22.6 Å². The van der Waals surface area contributed by atoms with Crippen LogP contribution in [0.1, 0.15) is 33.2 Å². The van der Waals surface area contributed by atoms with E-state index in [4.69, 9.17) is 16.3 Å². The number of methoxy groups -OCH3 is 1. The Morgan fingerprint density at radius 1 is 1.03 bits per heavy atom. The van der Waals surface area contributed by atoms with Crippen molar-refractivity contribution >= 4 is 28.4 Å². The number of aliphatic hydroxyl groups is 1. The molecule has 1 amide bonds. The number of phenols is 1. The lowest BCUT2D eigenvalue weighted by molar-refractivity contribution is 0.0783. The Bertz CT molecular complexity index is 1500. The van der Waals surface area contributed by atoms with Gasteiger partial charge in [-0.25, -0.2) is 0 Å². The number of aromatic nitrogens is 1. The highest BCUT2D eigenvalue weighted by Crippen LogP contribution is 2.29. The van der Waals surface area contributed by atoms with Crippen LogP contribution in [0.15, 0.2) is 71.7 Å². The fraction of sp³-hybridized carbons (Fsp3) is 0.241. The van der Waals surface area contributed by atoms with Gasteiger partial charge in [-0.2, -0.15) is 0 Å². The third kappa shape index (κ3) is 6.16. The number of pyridine rings is 1. The van der Waals surface area contributed by atoms with Crippen LogP contribution in [0.25, 0.3) is 10.9 Å². The summed E-state index contributed by atoms with van der Waals surface area (Å²) in [6, 6.07) is 17.4. The van der Waals surface area contributed by atoms with Crippen LogP contribution in [0.5, 0.6) is 11.5 Å². The molecule has 1 heterocycles. The number of rotatable bonds is 9. The number of ether oxygens (including phenoxy) is 1. The Balaban J connectivity index is 1.49. The number of fused-ring (bicyclic) bond motifs is 1. The van der Waals surface area contributed by atoms with Gasteiger partial charge >= 0.3 is 0 Å². The minimum atomic E-state index is -0.807. The summed E-state index contributed by atoms with van der Waals surface area (Å²) in [5, 5.41) is 21.5. The molecular weight excluding hydrogens is 506 g/mol. The molecule has 0 radical (unpaired) electrons. The second-order valence-corrected chi connectivity index (χ2v) is 9.78. The number of phenolic OH excluding ortho intramolecular Hbond substituents is 1. The molecule has 8 nitrogen and oxygen atoms in total. The molecule has 0 aliphatic carbocycles. The number of carbonyl (C=O) groups excluding carboxylic acids is 1. The zero-order chi connectivity index (χ0) is 27.4. The summed E-state index contributed by atoms with van der Waals surface area (Å²) >= 11 is 5.94. The van der Waals surface area contributed by atoms with Gasteiger partial charge in [-0.3, -0.25) is 14.5 Å². The fourth-order valence-corrected chi connectivity index (χ4v) is 4.47. The minimum absolute atomic E-state index is 0.00668. The monoisotopic (exact) mass is 535 g/mol. The number of amides is 1. The summed E-state index contributed by atoms with van der Waals surface area (Å²) in [6.45, 7) is 1.13. The van der Waals surface area contributed by atoms with Gasteiger partial charge in [0.15, 0.2) is 11.5 Å². The maximum absolute atomic E-state index is 13.3. The molecule has 0 saturated carbocycles. The normalized spacial score (nSPS) is 12.1. The van der Waals surface area contributed by atoms with E-state index in [0.717, 1.165) is 11.1 Å². The SMILES string of the molecule is COc1cc(C(O)CN(C)Cc2ccc3[nH]cc(C(=O)N(C)Cc4ccc(Cl)cc4)c(=O)c3c2)ccc1O. The van der Waals surface area contributed by atoms with E-state index in [0.29, 0.717) is 46.9 Å². The van der Waals surface area contributed by atoms with Crippen molar-refractivity contribution in [2.24, 2.45) is 0 Å². The van der Waals surface area contributed by atoms with E-state index in [1.807, 2.05) is 36.2 Å². The molecule has 0 saturated heterocycles. The van der Waals surface area contributed by atoms with E-state index in [9.17, 15) is 19.8 Å². The number of nitrogens with zero attached hydrogens (tertiary/aromatic N) is 2. The maximum Gasteiger partial charge on any atom is 0.259 e. The number of H-pyrrole nitrogens is 1. The molecule has 0 bridgehead atoms. The second-order valence-electron chi connectivity index (χ2n) is 9.34. The number of nitrogens with one attached hydrogen (secondary N) is 1. The number of aliphatic hydroxyl groups excluding tert-OH is 1. The van der Waals surface area contributed by atoms with Crippen LogP contribution in [0, 0.1) is 0 Å². The third-order valence-corrected chi connectivity index (χ3v) is 6.63. The number of aromatic hydroxyl groups is 1. The first-order valence-corrected chi connectivity index (χ1v) is 12.4. The van der Waals surface area contributed by atoms with Crippen LogP contribution in [0.3, 0.4) is 0 Å². The molecule has 9 heteroatoms. The van der Waals surface area contributed by atoms with Crippen LogP contribution in [-0.4, -0.2) is 58.7 Å². The molecule has 198 valence electrons. The highest BCUT2D eigenvalue weighted by Gasteiger charge is 2.18. The van der Waals surface area contributed by atoms with Crippen molar-refractivity contribution in [1.82, 2.24) is 14.8 Å². The smallest absolute Gasteiger partial charge is 0.259 e. The van der Waals surface area contributed by atoms with Gasteiger partial charge in [0.25, 0.3) is 5.91 Å². The summed E-state index contributed by atoms with van der Waals surface area (Å²) in [7, 11) is 4.97. The Labute approximate surface area is 225 Å². The van der Waals surface area contributed by atoms with Gasteiger partial charge in [0.2, 0.25) is 5.43 Å². The van der Waals surface area contributed by atoms with E-state index >= 15 is 0 Å². The van der Waals surface area contributed by atoms with E-state index in [1.165, 1.54) is 24.3 Å². The van der Waals surface area contributed by atoms with Crippen LogP contribution in [0.4, 0.5) is 0 Å². The predicted molar refractivity (Wildman–Crippen MR) is 148 cm³/mol. The lowest BCUT2D eigenvalue weighted by atomic mass is 10.1. The largest absolute Gasteiger partial charge is 0.504 e. The summed E-state index contributed by atoms with van der Waals surface area (Å²) in [5.41, 5.74) is 2.74. The van der Waals surface area contributed by atoms with Crippen molar-refractivity contribution < 1.29 is 19.7 Å². The number of likely N-dealkylation sites (N-methyl/N-ethyl adjacent to an activating group) is 1. The summed E-state index contributed by atoms with van der Waals surface area (Å²) in [5.74, 6) is -0.0765. The molecule has 1 aromatic heterocycles. The topological polar surface area (TPSA) is 106 Å². The van der Waals surface area contributed by atoms with Gasteiger partial charge in [-0.1, -0.05) is 35.9 Å². The van der Waals surface area contributed by atoms with Gasteiger partial charge in [-0.05, 0) is 60.1 Å². The molecule has 4 aromatic rings. The number of hydrogen-bond donors (Lipinski definition) is 3. The second kappa shape index (κ2) is 11.7. The number of halogens is 1. The Morgan fingerprint density at radius 2 is 1.74 bits per heavy atom. The van der Waals surface area contributed by atoms with E-state index in [2.05, 4.69) is 4.98 Å². The number of aromatic amines is 1. The van der Waals surface area contributed by atoms with E-state index in [1.54, 1.807) is 37.4 Å². The molecule has 0 aliphatic rings. The predicted octanol–water partition coefficient (Wildman–Crippen LogP) is 4.33. The maximum atomic E-state index is 13.3. The van der Waals surface area contributed by atoms with Crippen LogP contribution < -0.4 is 10.2 Å². The Kier molecular flexibility index (Phi) is 8.36. The molecule has 0 aliphatic heterocycles. The first-order valence-electron chi connectivity index (χ1n) is 12.0. The average molecular weight is 536 g/mol. The Hall–Kier alpha value is -3.85. The molecule has 38 heavy (non-hydrogen) atoms. The van der Waals surface area contributed by atoms with Gasteiger partial charge < -0.3 is 24.8 Å². The van der Waals surface area contributed by atoms with Crippen molar-refractivity contribution in [3.05, 3.63) is 104 Å². The summed E-state index contributed by atoms with van der Waals surface area (Å²) in [4.78, 5) is 32.9. The molecule has 4 rings (SSSR count). The fourth-order valence-electron chi connectivity index (χ4n) is 4.34. The summed E-state index contributed by atoms with van der Waals surface area (Å²) in [6.07, 6.45) is 0.651. The van der Waals surface area contributed by atoms with Crippen LogP contribution >= 0.6 is 11.6 Å². The Morgan fingerprint density at radius 3 is 2.45 bits per heavy atom. The molecule has 1 unspecified atom stereocenters. The molecular formula is C29H30ClN3O5.